The lowest BCUT2D eigenvalue weighted by Crippen LogP contribution is -2.46. The molecule has 1 aromatic rings. The largest absolute Gasteiger partial charge is 0.480 e. The van der Waals surface area contributed by atoms with Crippen molar-refractivity contribution < 1.29 is 19.4 Å². The highest BCUT2D eigenvalue weighted by atomic mass is 35.5. The van der Waals surface area contributed by atoms with Crippen molar-refractivity contribution in [1.82, 2.24) is 0 Å². The van der Waals surface area contributed by atoms with Crippen LogP contribution < -0.4 is 10.5 Å². The van der Waals surface area contributed by atoms with Gasteiger partial charge in [-0.3, -0.25) is 4.79 Å². The molecular weight excluding hydrogens is 314 g/mol. The normalized spacial score (nSPS) is 16.0. The van der Waals surface area contributed by atoms with E-state index in [1.165, 1.54) is 11.8 Å². The number of benzene rings is 1. The molecule has 0 aromatic heterocycles. The topological polar surface area (TPSA) is 81.8 Å². The van der Waals surface area contributed by atoms with Gasteiger partial charge in [-0.25, -0.2) is 0 Å². The SMILES string of the molecule is CC(C)(SCc1cc(Cl)cc2c1OCOC2)[C@H](N)C(=O)O. The van der Waals surface area contributed by atoms with Crippen molar-refractivity contribution in [3.63, 3.8) is 0 Å². The average Bonchev–Trinajstić information content (AvgIpc) is 2.43. The number of hydrogen-bond acceptors (Lipinski definition) is 5. The Kier molecular flexibility index (Phi) is 5.03. The third kappa shape index (κ3) is 3.83. The Morgan fingerprint density at radius 2 is 2.29 bits per heavy atom. The van der Waals surface area contributed by atoms with Crippen LogP contribution in [0.15, 0.2) is 12.1 Å². The van der Waals surface area contributed by atoms with Gasteiger partial charge in [0.15, 0.2) is 6.79 Å². The second kappa shape index (κ2) is 6.44. The van der Waals surface area contributed by atoms with Crippen molar-refractivity contribution >= 4 is 29.3 Å². The molecule has 5 nitrogen and oxygen atoms in total. The highest BCUT2D eigenvalue weighted by Gasteiger charge is 2.33. The second-order valence-corrected chi connectivity index (χ2v) is 7.44. The van der Waals surface area contributed by atoms with Crippen LogP contribution in [0.3, 0.4) is 0 Å². The quantitative estimate of drug-likeness (QED) is 0.863. The van der Waals surface area contributed by atoms with E-state index in [4.69, 9.17) is 31.9 Å². The van der Waals surface area contributed by atoms with Crippen LogP contribution in [-0.4, -0.2) is 28.7 Å². The van der Waals surface area contributed by atoms with Crippen molar-refractivity contribution in [3.8, 4) is 5.75 Å². The molecule has 116 valence electrons. The van der Waals surface area contributed by atoms with Crippen LogP contribution in [0.25, 0.3) is 0 Å². The Morgan fingerprint density at radius 1 is 1.57 bits per heavy atom. The maximum Gasteiger partial charge on any atom is 0.321 e. The van der Waals surface area contributed by atoms with Crippen molar-refractivity contribution in [2.45, 2.75) is 37.0 Å². The first-order valence-electron chi connectivity index (χ1n) is 6.45. The van der Waals surface area contributed by atoms with Gasteiger partial charge in [0, 0.05) is 26.6 Å². The first-order chi connectivity index (χ1) is 9.81. The monoisotopic (exact) mass is 331 g/mol. The van der Waals surface area contributed by atoms with Gasteiger partial charge < -0.3 is 20.3 Å². The molecule has 1 atom stereocenters. The van der Waals surface area contributed by atoms with Gasteiger partial charge in [-0.05, 0) is 26.0 Å². The number of aliphatic carboxylic acids is 1. The van der Waals surface area contributed by atoms with Crippen LogP contribution in [0.1, 0.15) is 25.0 Å². The van der Waals surface area contributed by atoms with Crippen molar-refractivity contribution in [1.29, 1.82) is 0 Å². The number of carboxylic acids is 1. The van der Waals surface area contributed by atoms with Crippen LogP contribution in [-0.2, 0) is 21.9 Å². The molecule has 21 heavy (non-hydrogen) atoms. The summed E-state index contributed by atoms with van der Waals surface area (Å²) < 4.78 is 10.2. The fraction of sp³-hybridized carbons (Fsp3) is 0.500. The fourth-order valence-corrected chi connectivity index (χ4v) is 3.30. The Labute approximate surface area is 132 Å². The number of ether oxygens (including phenoxy) is 2. The highest BCUT2D eigenvalue weighted by molar-refractivity contribution is 7.99. The number of halogens is 1. The molecule has 7 heteroatoms. The van der Waals surface area contributed by atoms with E-state index in [1.807, 2.05) is 26.0 Å². The van der Waals surface area contributed by atoms with E-state index >= 15 is 0 Å². The average molecular weight is 332 g/mol. The van der Waals surface area contributed by atoms with Gasteiger partial charge in [0.2, 0.25) is 0 Å². The molecule has 0 unspecified atom stereocenters. The molecule has 0 fully saturated rings. The number of rotatable bonds is 5. The molecule has 0 amide bonds. The molecule has 0 saturated heterocycles. The third-order valence-corrected chi connectivity index (χ3v) is 5.04. The summed E-state index contributed by atoms with van der Waals surface area (Å²) >= 11 is 7.57. The summed E-state index contributed by atoms with van der Waals surface area (Å²) in [7, 11) is 0. The van der Waals surface area contributed by atoms with Crippen molar-refractivity contribution in [2.75, 3.05) is 6.79 Å². The summed E-state index contributed by atoms with van der Waals surface area (Å²) in [5, 5.41) is 9.66. The van der Waals surface area contributed by atoms with E-state index in [-0.39, 0.29) is 6.79 Å². The Bertz CT molecular complexity index is 550. The molecule has 0 aliphatic carbocycles. The predicted molar refractivity (Wildman–Crippen MR) is 82.7 cm³/mol. The van der Waals surface area contributed by atoms with Gasteiger partial charge in [0.05, 0.1) is 6.61 Å². The maximum atomic E-state index is 11.0. The zero-order valence-corrected chi connectivity index (χ0v) is 13.5. The van der Waals surface area contributed by atoms with Gasteiger partial charge in [0.1, 0.15) is 11.8 Å². The van der Waals surface area contributed by atoms with Crippen LogP contribution in [0.2, 0.25) is 5.02 Å². The van der Waals surface area contributed by atoms with E-state index in [2.05, 4.69) is 0 Å². The molecular formula is C14H18ClNO4S. The maximum absolute atomic E-state index is 11.0. The smallest absolute Gasteiger partial charge is 0.321 e. The van der Waals surface area contributed by atoms with E-state index in [0.29, 0.717) is 17.4 Å². The van der Waals surface area contributed by atoms with Gasteiger partial charge >= 0.3 is 5.97 Å². The summed E-state index contributed by atoms with van der Waals surface area (Å²) in [5.74, 6) is 0.333. The van der Waals surface area contributed by atoms with Crippen LogP contribution in [0.4, 0.5) is 0 Å². The molecule has 1 heterocycles. The zero-order valence-electron chi connectivity index (χ0n) is 11.9. The minimum atomic E-state index is -1.01. The number of nitrogens with two attached hydrogens (primary N) is 1. The number of carboxylic acid groups (broad SMARTS) is 1. The lowest BCUT2D eigenvalue weighted by atomic mass is 10.1. The molecule has 1 aliphatic rings. The van der Waals surface area contributed by atoms with E-state index in [9.17, 15) is 4.79 Å². The van der Waals surface area contributed by atoms with Gasteiger partial charge in [-0.1, -0.05) is 11.6 Å². The summed E-state index contributed by atoms with van der Waals surface area (Å²) in [5.41, 5.74) is 7.56. The van der Waals surface area contributed by atoms with Crippen molar-refractivity contribution in [2.24, 2.45) is 5.73 Å². The summed E-state index contributed by atoms with van der Waals surface area (Å²) in [6, 6.07) is 2.71. The molecule has 2 rings (SSSR count). The minimum Gasteiger partial charge on any atom is -0.480 e. The van der Waals surface area contributed by atoms with E-state index in [0.717, 1.165) is 16.9 Å². The lowest BCUT2D eigenvalue weighted by Gasteiger charge is -2.29. The summed E-state index contributed by atoms with van der Waals surface area (Å²) in [6.07, 6.45) is 0. The minimum absolute atomic E-state index is 0.213. The number of thioether (sulfide) groups is 1. The Hall–Kier alpha value is -0.950. The third-order valence-electron chi connectivity index (χ3n) is 3.37. The van der Waals surface area contributed by atoms with Crippen LogP contribution in [0.5, 0.6) is 5.75 Å². The summed E-state index contributed by atoms with van der Waals surface area (Å²) in [4.78, 5) is 11.0. The first kappa shape index (κ1) is 16.4. The lowest BCUT2D eigenvalue weighted by molar-refractivity contribution is -0.139. The molecule has 3 N–H and O–H groups in total. The fourth-order valence-electron chi connectivity index (χ4n) is 2.01. The Balaban J connectivity index is 2.17. The molecule has 0 saturated carbocycles. The number of carbonyl (C=O) groups is 1. The molecule has 0 spiro atoms. The molecule has 0 bridgehead atoms. The van der Waals surface area contributed by atoms with Gasteiger partial charge in [0.25, 0.3) is 0 Å². The number of hydrogen-bond donors (Lipinski definition) is 2. The van der Waals surface area contributed by atoms with Crippen molar-refractivity contribution in [3.05, 3.63) is 28.3 Å². The highest BCUT2D eigenvalue weighted by Crippen LogP contribution is 2.37. The standard InChI is InChI=1S/C14H18ClNO4S/c1-14(2,12(16)13(17)18)21-6-9-4-10(15)3-8-5-19-7-20-11(8)9/h3-4,12H,5-7,16H2,1-2H3,(H,17,18)/t12-/m1/s1. The van der Waals surface area contributed by atoms with E-state index in [1.54, 1.807) is 0 Å². The molecule has 1 aliphatic heterocycles. The van der Waals surface area contributed by atoms with Crippen LogP contribution >= 0.6 is 23.4 Å². The Morgan fingerprint density at radius 3 is 2.95 bits per heavy atom. The second-order valence-electron chi connectivity index (χ2n) is 5.37. The van der Waals surface area contributed by atoms with Gasteiger partial charge in [-0.2, -0.15) is 0 Å². The molecule has 1 aromatic carbocycles. The first-order valence-corrected chi connectivity index (χ1v) is 7.82. The molecule has 0 radical (unpaired) electrons. The van der Waals surface area contributed by atoms with Gasteiger partial charge in [-0.15, -0.1) is 11.8 Å². The summed E-state index contributed by atoms with van der Waals surface area (Å²) in [6.45, 7) is 4.31. The van der Waals surface area contributed by atoms with Crippen LogP contribution in [0, 0.1) is 0 Å². The number of fused-ring (bicyclic) bond motifs is 1. The van der Waals surface area contributed by atoms with E-state index < -0.39 is 16.8 Å². The zero-order chi connectivity index (χ0) is 15.6. The predicted octanol–water partition coefficient (Wildman–Crippen LogP) is 2.63.